The van der Waals surface area contributed by atoms with Crippen LogP contribution in [0.1, 0.15) is 21.5 Å². The maximum Gasteiger partial charge on any atom is 0.338 e. The van der Waals surface area contributed by atoms with Crippen LogP contribution in [0.4, 0.5) is 8.78 Å². The lowest BCUT2D eigenvalue weighted by molar-refractivity contribution is 0.0599. The lowest BCUT2D eigenvalue weighted by Crippen LogP contribution is -2.10. The Morgan fingerprint density at radius 2 is 2.15 bits per heavy atom. The maximum atomic E-state index is 15.3. The van der Waals surface area contributed by atoms with E-state index in [-0.39, 0.29) is 23.1 Å². The van der Waals surface area contributed by atoms with E-state index in [1.165, 1.54) is 25.6 Å². The monoisotopic (exact) mass is 468 g/mol. The second kappa shape index (κ2) is 7.53. The van der Waals surface area contributed by atoms with Crippen LogP contribution in [0, 0.1) is 15.2 Å². The number of benzene rings is 2. The van der Waals surface area contributed by atoms with E-state index in [1.807, 2.05) is 22.6 Å². The third-order valence-corrected chi connectivity index (χ3v) is 4.73. The molecule has 0 spiro atoms. The molecule has 4 nitrogen and oxygen atoms in total. The molecule has 0 fully saturated rings. The maximum absolute atomic E-state index is 15.3. The van der Waals surface area contributed by atoms with Crippen molar-refractivity contribution >= 4 is 39.6 Å². The number of imidazole rings is 1. The predicted octanol–water partition coefficient (Wildman–Crippen LogP) is 4.48. The number of hydrogen-bond acceptors (Lipinski definition) is 3. The molecule has 0 aliphatic rings. The Bertz CT molecular complexity index is 1010. The Morgan fingerprint density at radius 1 is 1.38 bits per heavy atom. The second-order valence-electron chi connectivity index (χ2n) is 5.67. The van der Waals surface area contributed by atoms with Gasteiger partial charge in [0, 0.05) is 22.1 Å². The first-order chi connectivity index (χ1) is 12.5. The highest BCUT2D eigenvalue weighted by atomic mass is 127. The quantitative estimate of drug-likeness (QED) is 0.315. The number of esters is 1. The standard InChI is InChI=1S/C19H15F2IN2O2/c1-3-6-24-10-23-16-9-14(19(25)26-2)13(17(21)18(16)24)7-11-4-5-12(22)8-15(11)20/h3-5,8-10H,1,6-7H2,2H3. The van der Waals surface area contributed by atoms with Gasteiger partial charge >= 0.3 is 5.97 Å². The molecule has 0 unspecified atom stereocenters. The number of nitrogens with zero attached hydrogens (tertiary/aromatic N) is 2. The molecule has 7 heteroatoms. The Balaban J connectivity index is 2.22. The van der Waals surface area contributed by atoms with E-state index in [9.17, 15) is 9.18 Å². The summed E-state index contributed by atoms with van der Waals surface area (Å²) in [5.41, 5.74) is 0.994. The Kier molecular flexibility index (Phi) is 5.36. The van der Waals surface area contributed by atoms with Crippen LogP contribution >= 0.6 is 22.6 Å². The first kappa shape index (κ1) is 18.5. The van der Waals surface area contributed by atoms with Gasteiger partial charge < -0.3 is 9.30 Å². The molecule has 0 aliphatic heterocycles. The summed E-state index contributed by atoms with van der Waals surface area (Å²) in [6.45, 7) is 4.01. The minimum Gasteiger partial charge on any atom is -0.465 e. The Morgan fingerprint density at radius 3 is 2.81 bits per heavy atom. The van der Waals surface area contributed by atoms with E-state index < -0.39 is 17.6 Å². The number of fused-ring (bicyclic) bond motifs is 1. The lowest BCUT2D eigenvalue weighted by atomic mass is 9.97. The predicted molar refractivity (Wildman–Crippen MR) is 103 cm³/mol. The summed E-state index contributed by atoms with van der Waals surface area (Å²) in [6.07, 6.45) is 3.02. The zero-order valence-electron chi connectivity index (χ0n) is 13.9. The van der Waals surface area contributed by atoms with Gasteiger partial charge in [0.2, 0.25) is 0 Å². The van der Waals surface area contributed by atoms with Gasteiger partial charge in [-0.25, -0.2) is 18.6 Å². The van der Waals surface area contributed by atoms with E-state index in [0.717, 1.165) is 3.57 Å². The molecule has 26 heavy (non-hydrogen) atoms. The average molecular weight is 468 g/mol. The van der Waals surface area contributed by atoms with Crippen molar-refractivity contribution in [1.82, 2.24) is 9.55 Å². The molecule has 0 bridgehead atoms. The van der Waals surface area contributed by atoms with Gasteiger partial charge in [-0.15, -0.1) is 6.58 Å². The second-order valence-corrected chi connectivity index (χ2v) is 6.92. The third kappa shape index (κ3) is 3.35. The van der Waals surface area contributed by atoms with Crippen LogP contribution < -0.4 is 0 Å². The largest absolute Gasteiger partial charge is 0.465 e. The van der Waals surface area contributed by atoms with Crippen molar-refractivity contribution in [2.75, 3.05) is 7.11 Å². The van der Waals surface area contributed by atoms with Gasteiger partial charge in [0.1, 0.15) is 11.3 Å². The van der Waals surface area contributed by atoms with Crippen molar-refractivity contribution in [3.8, 4) is 0 Å². The Labute approximate surface area is 162 Å². The molecular weight excluding hydrogens is 453 g/mol. The number of carbonyl (C=O) groups excluding carboxylic acids is 1. The number of rotatable bonds is 5. The van der Waals surface area contributed by atoms with Crippen molar-refractivity contribution in [2.24, 2.45) is 0 Å². The first-order valence-electron chi connectivity index (χ1n) is 7.75. The summed E-state index contributed by atoms with van der Waals surface area (Å²) >= 11 is 2.00. The summed E-state index contributed by atoms with van der Waals surface area (Å²) in [6, 6.07) is 6.16. The first-order valence-corrected chi connectivity index (χ1v) is 8.83. The fraction of sp³-hybridized carbons (Fsp3) is 0.158. The van der Waals surface area contributed by atoms with Crippen molar-refractivity contribution < 1.29 is 18.3 Å². The number of allylic oxidation sites excluding steroid dienone is 1. The third-order valence-electron chi connectivity index (χ3n) is 4.06. The highest BCUT2D eigenvalue weighted by Crippen LogP contribution is 2.28. The van der Waals surface area contributed by atoms with Crippen LogP contribution in [0.3, 0.4) is 0 Å². The van der Waals surface area contributed by atoms with Crippen molar-refractivity contribution in [2.45, 2.75) is 13.0 Å². The average Bonchev–Trinajstić information content (AvgIpc) is 3.02. The number of carbonyl (C=O) groups is 1. The molecule has 1 aromatic heterocycles. The summed E-state index contributed by atoms with van der Waals surface area (Å²) in [5.74, 6) is -1.75. The van der Waals surface area contributed by atoms with Gasteiger partial charge in [-0.1, -0.05) is 12.1 Å². The molecule has 0 atom stereocenters. The van der Waals surface area contributed by atoms with Crippen LogP contribution in [-0.4, -0.2) is 22.6 Å². The molecular formula is C19H15F2IN2O2. The topological polar surface area (TPSA) is 44.1 Å². The smallest absolute Gasteiger partial charge is 0.338 e. The summed E-state index contributed by atoms with van der Waals surface area (Å²) in [5, 5.41) is 0. The van der Waals surface area contributed by atoms with Crippen molar-refractivity contribution in [3.63, 3.8) is 0 Å². The van der Waals surface area contributed by atoms with Gasteiger partial charge in [-0.2, -0.15) is 0 Å². The number of hydrogen-bond donors (Lipinski definition) is 0. The molecule has 2 aromatic carbocycles. The molecule has 134 valence electrons. The fourth-order valence-electron chi connectivity index (χ4n) is 2.82. The van der Waals surface area contributed by atoms with Gasteiger partial charge in [-0.05, 0) is 46.4 Å². The van der Waals surface area contributed by atoms with E-state index in [0.29, 0.717) is 17.6 Å². The van der Waals surface area contributed by atoms with Gasteiger partial charge in [-0.3, -0.25) is 0 Å². The van der Waals surface area contributed by atoms with Crippen molar-refractivity contribution in [3.05, 3.63) is 75.1 Å². The summed E-state index contributed by atoms with van der Waals surface area (Å²) < 4.78 is 36.7. The molecule has 0 aliphatic carbocycles. The normalized spacial score (nSPS) is 10.9. The number of methoxy groups -OCH3 is 1. The minimum atomic E-state index is -0.690. The van der Waals surface area contributed by atoms with Gasteiger partial charge in [0.05, 0.1) is 24.5 Å². The summed E-state index contributed by atoms with van der Waals surface area (Å²) in [7, 11) is 1.22. The molecule has 0 saturated carbocycles. The molecule has 0 amide bonds. The van der Waals surface area contributed by atoms with Crippen molar-refractivity contribution in [1.29, 1.82) is 0 Å². The minimum absolute atomic E-state index is 0.0410. The molecule has 3 rings (SSSR count). The zero-order chi connectivity index (χ0) is 18.8. The van der Waals surface area contributed by atoms with E-state index in [1.54, 1.807) is 22.8 Å². The molecule has 0 radical (unpaired) electrons. The van der Waals surface area contributed by atoms with Crippen LogP contribution in [0.15, 0.2) is 43.2 Å². The molecule has 3 aromatic rings. The Hall–Kier alpha value is -2.29. The van der Waals surface area contributed by atoms with E-state index >= 15 is 4.39 Å². The van der Waals surface area contributed by atoms with E-state index in [2.05, 4.69) is 11.6 Å². The van der Waals surface area contributed by atoms with Crippen LogP contribution in [0.25, 0.3) is 11.0 Å². The molecule has 0 N–H and O–H groups in total. The molecule has 1 heterocycles. The lowest BCUT2D eigenvalue weighted by Gasteiger charge is -2.12. The van der Waals surface area contributed by atoms with Gasteiger partial charge in [0.15, 0.2) is 5.82 Å². The van der Waals surface area contributed by atoms with Gasteiger partial charge in [0.25, 0.3) is 0 Å². The number of ether oxygens (including phenoxy) is 1. The van der Waals surface area contributed by atoms with Crippen LogP contribution in [-0.2, 0) is 17.7 Å². The number of aromatic nitrogens is 2. The van der Waals surface area contributed by atoms with Crippen LogP contribution in [0.5, 0.6) is 0 Å². The zero-order valence-corrected chi connectivity index (χ0v) is 16.1. The SMILES string of the molecule is C=CCn1cnc2cc(C(=O)OC)c(Cc3ccc(I)cc3F)c(F)c21. The molecule has 0 saturated heterocycles. The highest BCUT2D eigenvalue weighted by molar-refractivity contribution is 14.1. The van der Waals surface area contributed by atoms with Crippen LogP contribution in [0.2, 0.25) is 0 Å². The number of halogens is 3. The van der Waals surface area contributed by atoms with E-state index in [4.69, 9.17) is 4.74 Å². The summed E-state index contributed by atoms with van der Waals surface area (Å²) in [4.78, 5) is 16.3. The highest BCUT2D eigenvalue weighted by Gasteiger charge is 2.23. The fourth-order valence-corrected chi connectivity index (χ4v) is 3.28.